The van der Waals surface area contributed by atoms with Gasteiger partial charge in [-0.05, 0) is 19.3 Å². The zero-order valence-corrected chi connectivity index (χ0v) is 33.7. The molecule has 0 aliphatic heterocycles. The Bertz CT molecular complexity index is 490. The van der Waals surface area contributed by atoms with Gasteiger partial charge in [0.2, 0.25) is 0 Å². The molecule has 0 spiro atoms. The second-order valence-electron chi connectivity index (χ2n) is 13.8. The van der Waals surface area contributed by atoms with Gasteiger partial charge in [-0.15, -0.1) is 0 Å². The molecule has 0 fully saturated rings. The van der Waals surface area contributed by atoms with Crippen LogP contribution in [-0.4, -0.2) is 39.6 Å². The SMILES string of the molecule is CCCCCCCCCCCCO[Si](CC(S)CS)(OCCCCCCCCCCCC)OCCCCCCCCCCCC. The van der Waals surface area contributed by atoms with Gasteiger partial charge in [0.25, 0.3) is 0 Å². The van der Waals surface area contributed by atoms with Crippen LogP contribution in [0.2, 0.25) is 6.04 Å². The van der Waals surface area contributed by atoms with Crippen LogP contribution >= 0.6 is 25.3 Å². The Hall–Kier alpha value is 0.797. The fourth-order valence-electron chi connectivity index (χ4n) is 6.11. The Morgan fingerprint density at radius 2 is 0.600 bits per heavy atom. The average molecular weight is 691 g/mol. The van der Waals surface area contributed by atoms with Crippen LogP contribution < -0.4 is 0 Å². The smallest absolute Gasteiger partial charge is 0.373 e. The maximum absolute atomic E-state index is 6.67. The third kappa shape index (κ3) is 33.1. The maximum atomic E-state index is 6.67. The van der Waals surface area contributed by atoms with Crippen LogP contribution in [0.25, 0.3) is 0 Å². The first-order valence-corrected chi connectivity index (χ1v) is 23.4. The second kappa shape index (κ2) is 37.6. The second-order valence-corrected chi connectivity index (χ2v) is 17.6. The van der Waals surface area contributed by atoms with Gasteiger partial charge < -0.3 is 13.3 Å². The minimum atomic E-state index is -2.79. The molecule has 0 aliphatic rings. The van der Waals surface area contributed by atoms with Crippen LogP contribution in [0.5, 0.6) is 0 Å². The summed E-state index contributed by atoms with van der Waals surface area (Å²) in [6.45, 7) is 9.14. The number of hydrogen-bond acceptors (Lipinski definition) is 5. The molecule has 0 rings (SSSR count). The van der Waals surface area contributed by atoms with E-state index in [0.717, 1.165) is 50.9 Å². The third-order valence-corrected chi connectivity index (χ3v) is 13.5. The predicted molar refractivity (Wildman–Crippen MR) is 211 cm³/mol. The lowest BCUT2D eigenvalue weighted by molar-refractivity contribution is 0.0555. The number of thiol groups is 2. The molecule has 0 aromatic carbocycles. The monoisotopic (exact) mass is 691 g/mol. The number of unbranched alkanes of at least 4 members (excludes halogenated alkanes) is 27. The molecular weight excluding hydrogens is 609 g/mol. The molecule has 0 saturated heterocycles. The van der Waals surface area contributed by atoms with Crippen molar-refractivity contribution in [2.45, 2.75) is 225 Å². The first-order chi connectivity index (χ1) is 22.1. The van der Waals surface area contributed by atoms with Crippen LogP contribution in [0.4, 0.5) is 0 Å². The molecule has 272 valence electrons. The van der Waals surface area contributed by atoms with Gasteiger partial charge in [0.1, 0.15) is 0 Å². The zero-order chi connectivity index (χ0) is 32.9. The largest absolute Gasteiger partial charge is 0.502 e. The lowest BCUT2D eigenvalue weighted by Crippen LogP contribution is -2.48. The van der Waals surface area contributed by atoms with Crippen molar-refractivity contribution in [1.29, 1.82) is 0 Å². The summed E-state index contributed by atoms with van der Waals surface area (Å²) in [5.74, 6) is 0.725. The van der Waals surface area contributed by atoms with Gasteiger partial charge in [-0.2, -0.15) is 25.3 Å². The van der Waals surface area contributed by atoms with Crippen LogP contribution in [0.3, 0.4) is 0 Å². The Morgan fingerprint density at radius 3 is 0.822 bits per heavy atom. The molecule has 45 heavy (non-hydrogen) atoms. The summed E-state index contributed by atoms with van der Waals surface area (Å²) in [6.07, 6.45) is 40.1. The van der Waals surface area contributed by atoms with Crippen molar-refractivity contribution in [3.05, 3.63) is 0 Å². The standard InChI is InChI=1S/C39H82O3S2Si/c1-4-7-10-13-16-19-22-25-28-31-34-40-45(38-39(44)37-43,41-35-32-29-26-23-20-17-14-11-8-5-2)42-36-33-30-27-24-21-18-15-12-9-6-3/h39,43-44H,4-38H2,1-3H3. The molecular formula is C39H82O3S2Si. The van der Waals surface area contributed by atoms with Gasteiger partial charge in [0, 0.05) is 36.9 Å². The van der Waals surface area contributed by atoms with Crippen molar-refractivity contribution in [2.75, 3.05) is 25.6 Å². The Labute approximate surface area is 296 Å². The van der Waals surface area contributed by atoms with Crippen LogP contribution in [0.15, 0.2) is 0 Å². The highest BCUT2D eigenvalue weighted by Gasteiger charge is 2.42. The van der Waals surface area contributed by atoms with Gasteiger partial charge in [-0.1, -0.05) is 194 Å². The van der Waals surface area contributed by atoms with E-state index in [0.29, 0.717) is 0 Å². The van der Waals surface area contributed by atoms with Gasteiger partial charge in [0.15, 0.2) is 0 Å². The van der Waals surface area contributed by atoms with Crippen LogP contribution in [0.1, 0.15) is 213 Å². The molecule has 1 atom stereocenters. The van der Waals surface area contributed by atoms with Crippen molar-refractivity contribution < 1.29 is 13.3 Å². The van der Waals surface area contributed by atoms with E-state index in [9.17, 15) is 0 Å². The quantitative estimate of drug-likeness (QED) is 0.0382. The van der Waals surface area contributed by atoms with Crippen molar-refractivity contribution in [2.24, 2.45) is 0 Å². The summed E-state index contributed by atoms with van der Waals surface area (Å²) in [6, 6.07) is 0.771. The minimum absolute atomic E-state index is 0.146. The first-order valence-electron chi connectivity index (χ1n) is 20.3. The maximum Gasteiger partial charge on any atom is 0.502 e. The fraction of sp³-hybridized carbons (Fsp3) is 1.00. The summed E-state index contributed by atoms with van der Waals surface area (Å²) in [4.78, 5) is 0. The Kier molecular flexibility index (Phi) is 38.3. The summed E-state index contributed by atoms with van der Waals surface area (Å²) in [5, 5.41) is 0.146. The van der Waals surface area contributed by atoms with E-state index >= 15 is 0 Å². The lowest BCUT2D eigenvalue weighted by atomic mass is 10.1. The molecule has 0 bridgehead atoms. The normalized spacial score (nSPS) is 12.7. The molecule has 0 aromatic rings. The summed E-state index contributed by atoms with van der Waals surface area (Å²) in [5.41, 5.74) is 0. The number of rotatable bonds is 39. The molecule has 0 heterocycles. The Balaban J connectivity index is 4.60. The third-order valence-electron chi connectivity index (χ3n) is 9.16. The van der Waals surface area contributed by atoms with E-state index in [1.807, 2.05) is 0 Å². The molecule has 0 N–H and O–H groups in total. The van der Waals surface area contributed by atoms with Crippen LogP contribution in [0, 0.1) is 0 Å². The van der Waals surface area contributed by atoms with Gasteiger partial charge in [-0.25, -0.2) is 0 Å². The molecule has 0 radical (unpaired) electrons. The van der Waals surface area contributed by atoms with E-state index in [4.69, 9.17) is 25.9 Å². The van der Waals surface area contributed by atoms with Gasteiger partial charge >= 0.3 is 8.80 Å². The van der Waals surface area contributed by atoms with Crippen molar-refractivity contribution >= 4 is 34.1 Å². The summed E-state index contributed by atoms with van der Waals surface area (Å²) in [7, 11) is -2.79. The topological polar surface area (TPSA) is 27.7 Å². The molecule has 0 aliphatic carbocycles. The highest BCUT2D eigenvalue weighted by molar-refractivity contribution is 7.84. The van der Waals surface area contributed by atoms with Crippen molar-refractivity contribution in [3.8, 4) is 0 Å². The van der Waals surface area contributed by atoms with Crippen molar-refractivity contribution in [3.63, 3.8) is 0 Å². The zero-order valence-electron chi connectivity index (χ0n) is 30.9. The van der Waals surface area contributed by atoms with Crippen molar-refractivity contribution in [1.82, 2.24) is 0 Å². The predicted octanol–water partition coefficient (Wildman–Crippen LogP) is 14.0. The summed E-state index contributed by atoms with van der Waals surface area (Å²) >= 11 is 9.40. The van der Waals surface area contributed by atoms with Crippen LogP contribution in [-0.2, 0) is 13.3 Å². The van der Waals surface area contributed by atoms with Gasteiger partial charge in [0.05, 0.1) is 0 Å². The van der Waals surface area contributed by atoms with E-state index < -0.39 is 8.80 Å². The highest BCUT2D eigenvalue weighted by Crippen LogP contribution is 2.24. The summed E-state index contributed by atoms with van der Waals surface area (Å²) < 4.78 is 20.0. The first kappa shape index (κ1) is 45.8. The van der Waals surface area contributed by atoms with E-state index in [1.54, 1.807) is 0 Å². The molecule has 0 aromatic heterocycles. The minimum Gasteiger partial charge on any atom is -0.373 e. The fourth-order valence-corrected chi connectivity index (χ4v) is 9.84. The van der Waals surface area contributed by atoms with E-state index in [1.165, 1.54) is 173 Å². The number of hydrogen-bond donors (Lipinski definition) is 2. The highest BCUT2D eigenvalue weighted by atomic mass is 32.1. The molecule has 6 heteroatoms. The molecule has 1 unspecified atom stereocenters. The Morgan fingerprint density at radius 1 is 0.378 bits per heavy atom. The lowest BCUT2D eigenvalue weighted by Gasteiger charge is -2.31. The molecule has 0 saturated carbocycles. The van der Waals surface area contributed by atoms with E-state index in [2.05, 4.69) is 33.4 Å². The van der Waals surface area contributed by atoms with Gasteiger partial charge in [-0.3, -0.25) is 0 Å². The molecule has 0 amide bonds. The average Bonchev–Trinajstić information content (AvgIpc) is 3.05. The van der Waals surface area contributed by atoms with E-state index in [-0.39, 0.29) is 5.25 Å². The molecule has 3 nitrogen and oxygen atoms in total.